The largest absolute Gasteiger partial charge is 0.454 e. The van der Waals surface area contributed by atoms with Gasteiger partial charge in [-0.3, -0.25) is 9.69 Å². The van der Waals surface area contributed by atoms with Crippen molar-refractivity contribution in [2.75, 3.05) is 27.1 Å². The van der Waals surface area contributed by atoms with Gasteiger partial charge in [0.1, 0.15) is 0 Å². The summed E-state index contributed by atoms with van der Waals surface area (Å²) in [7, 11) is 2.14. The maximum absolute atomic E-state index is 12.8. The van der Waals surface area contributed by atoms with Crippen LogP contribution >= 0.6 is 0 Å². The van der Waals surface area contributed by atoms with Crippen LogP contribution in [0.3, 0.4) is 0 Å². The molecule has 4 rings (SSSR count). The van der Waals surface area contributed by atoms with Crippen molar-refractivity contribution in [3.8, 4) is 11.5 Å². The molecule has 2 atom stereocenters. The molecule has 2 bridgehead atoms. The van der Waals surface area contributed by atoms with Crippen LogP contribution in [0, 0.1) is 5.92 Å². The fourth-order valence-corrected chi connectivity index (χ4v) is 3.59. The molecular formula is C16H19NO4. The van der Waals surface area contributed by atoms with E-state index in [2.05, 4.69) is 11.9 Å². The van der Waals surface area contributed by atoms with Crippen LogP contribution in [-0.4, -0.2) is 49.8 Å². The summed E-state index contributed by atoms with van der Waals surface area (Å²) in [4.78, 5) is 15.1. The highest BCUT2D eigenvalue weighted by molar-refractivity contribution is 5.98. The molecule has 2 saturated heterocycles. The molecule has 0 amide bonds. The summed E-state index contributed by atoms with van der Waals surface area (Å²) in [5.74, 6) is 1.70. The van der Waals surface area contributed by atoms with Crippen LogP contribution in [0.25, 0.3) is 0 Å². The maximum Gasteiger partial charge on any atom is 0.231 e. The molecular weight excluding hydrogens is 270 g/mol. The SMILES string of the molecule is CN1C2COCC1CC(C(=O)c1ccc3c(c1)OCO3)C2. The van der Waals surface area contributed by atoms with E-state index in [4.69, 9.17) is 14.2 Å². The molecule has 2 unspecified atom stereocenters. The molecule has 0 aliphatic carbocycles. The van der Waals surface area contributed by atoms with Crippen molar-refractivity contribution in [1.29, 1.82) is 0 Å². The number of carbonyl (C=O) groups excluding carboxylic acids is 1. The van der Waals surface area contributed by atoms with E-state index in [1.54, 1.807) is 0 Å². The lowest BCUT2D eigenvalue weighted by Gasteiger charge is -2.46. The van der Waals surface area contributed by atoms with Crippen molar-refractivity contribution in [2.45, 2.75) is 24.9 Å². The number of ketones is 1. The van der Waals surface area contributed by atoms with Crippen molar-refractivity contribution in [2.24, 2.45) is 5.92 Å². The average molecular weight is 289 g/mol. The molecule has 5 heteroatoms. The predicted octanol–water partition coefficient (Wildman–Crippen LogP) is 1.71. The second-order valence-corrected chi connectivity index (χ2v) is 6.11. The summed E-state index contributed by atoms with van der Waals surface area (Å²) in [5, 5.41) is 0. The van der Waals surface area contributed by atoms with Gasteiger partial charge in [0.05, 0.1) is 13.2 Å². The van der Waals surface area contributed by atoms with Crippen molar-refractivity contribution in [3.05, 3.63) is 23.8 Å². The molecule has 0 spiro atoms. The summed E-state index contributed by atoms with van der Waals surface area (Å²) in [6, 6.07) is 6.21. The third-order valence-electron chi connectivity index (χ3n) is 4.91. The molecule has 1 aromatic rings. The number of Topliss-reactive ketones (excluding diaryl/α,β-unsaturated/α-hetero) is 1. The number of piperidine rings is 1. The Kier molecular flexibility index (Phi) is 3.12. The summed E-state index contributed by atoms with van der Waals surface area (Å²) in [6.45, 7) is 1.71. The lowest BCUT2D eigenvalue weighted by Crippen LogP contribution is -2.55. The highest BCUT2D eigenvalue weighted by Gasteiger charge is 2.39. The van der Waals surface area contributed by atoms with Crippen molar-refractivity contribution < 1.29 is 19.0 Å². The van der Waals surface area contributed by atoms with E-state index in [0.717, 1.165) is 37.4 Å². The van der Waals surface area contributed by atoms with Gasteiger partial charge in [0.2, 0.25) is 6.79 Å². The number of hydrogen-bond donors (Lipinski definition) is 0. The zero-order valence-electron chi connectivity index (χ0n) is 12.1. The van der Waals surface area contributed by atoms with Gasteiger partial charge in [0.25, 0.3) is 0 Å². The minimum atomic E-state index is 0.0838. The molecule has 0 aromatic heterocycles. The van der Waals surface area contributed by atoms with Gasteiger partial charge in [-0.15, -0.1) is 0 Å². The first-order valence-electron chi connectivity index (χ1n) is 7.46. The van der Waals surface area contributed by atoms with E-state index >= 15 is 0 Å². The monoisotopic (exact) mass is 289 g/mol. The van der Waals surface area contributed by atoms with E-state index in [1.165, 1.54) is 0 Å². The number of fused-ring (bicyclic) bond motifs is 3. The quantitative estimate of drug-likeness (QED) is 0.776. The molecule has 21 heavy (non-hydrogen) atoms. The fourth-order valence-electron chi connectivity index (χ4n) is 3.59. The van der Waals surface area contributed by atoms with Crippen LogP contribution in [0.5, 0.6) is 11.5 Å². The highest BCUT2D eigenvalue weighted by atomic mass is 16.7. The Balaban J connectivity index is 1.55. The molecule has 5 nitrogen and oxygen atoms in total. The van der Waals surface area contributed by atoms with Gasteiger partial charge < -0.3 is 14.2 Å². The third-order valence-corrected chi connectivity index (χ3v) is 4.91. The summed E-state index contributed by atoms with van der Waals surface area (Å²) in [6.07, 6.45) is 1.75. The number of morpholine rings is 1. The Hall–Kier alpha value is -1.59. The average Bonchev–Trinajstić information content (AvgIpc) is 2.93. The molecule has 112 valence electrons. The van der Waals surface area contributed by atoms with Gasteiger partial charge in [0.15, 0.2) is 17.3 Å². The van der Waals surface area contributed by atoms with Gasteiger partial charge in [0, 0.05) is 23.6 Å². The number of benzene rings is 1. The molecule has 3 heterocycles. The first kappa shape index (κ1) is 13.1. The van der Waals surface area contributed by atoms with Crippen LogP contribution in [0.15, 0.2) is 18.2 Å². The first-order chi connectivity index (χ1) is 10.2. The normalized spacial score (nSPS) is 31.2. The number of nitrogens with zero attached hydrogens (tertiary/aromatic N) is 1. The Bertz CT molecular complexity index is 559. The Morgan fingerprint density at radius 2 is 1.86 bits per heavy atom. The van der Waals surface area contributed by atoms with Gasteiger partial charge in [-0.25, -0.2) is 0 Å². The number of carbonyl (C=O) groups is 1. The van der Waals surface area contributed by atoms with Crippen LogP contribution in [0.1, 0.15) is 23.2 Å². The minimum Gasteiger partial charge on any atom is -0.454 e. The van der Waals surface area contributed by atoms with E-state index in [9.17, 15) is 4.79 Å². The van der Waals surface area contributed by atoms with E-state index in [-0.39, 0.29) is 18.5 Å². The van der Waals surface area contributed by atoms with E-state index in [0.29, 0.717) is 17.8 Å². The maximum atomic E-state index is 12.8. The summed E-state index contributed by atoms with van der Waals surface area (Å²) in [5.41, 5.74) is 0.729. The number of likely N-dealkylation sites (N-methyl/N-ethyl adjacent to an activating group) is 1. The second kappa shape index (κ2) is 5.00. The molecule has 3 aliphatic heterocycles. The van der Waals surface area contributed by atoms with Gasteiger partial charge in [-0.2, -0.15) is 0 Å². The van der Waals surface area contributed by atoms with Gasteiger partial charge in [-0.1, -0.05) is 0 Å². The molecule has 0 saturated carbocycles. The molecule has 0 N–H and O–H groups in total. The first-order valence-corrected chi connectivity index (χ1v) is 7.46. The fraction of sp³-hybridized carbons (Fsp3) is 0.562. The van der Waals surface area contributed by atoms with Crippen LogP contribution in [0.2, 0.25) is 0 Å². The predicted molar refractivity (Wildman–Crippen MR) is 75.8 cm³/mol. The second-order valence-electron chi connectivity index (χ2n) is 6.11. The van der Waals surface area contributed by atoms with Gasteiger partial charge >= 0.3 is 0 Å². The highest BCUT2D eigenvalue weighted by Crippen LogP contribution is 2.36. The van der Waals surface area contributed by atoms with E-state index in [1.807, 2.05) is 18.2 Å². The third kappa shape index (κ3) is 2.21. The Labute approximate surface area is 123 Å². The van der Waals surface area contributed by atoms with Gasteiger partial charge in [-0.05, 0) is 38.1 Å². The van der Waals surface area contributed by atoms with Crippen molar-refractivity contribution in [1.82, 2.24) is 4.90 Å². The minimum absolute atomic E-state index is 0.0838. The van der Waals surface area contributed by atoms with Crippen molar-refractivity contribution >= 4 is 5.78 Å². The zero-order chi connectivity index (χ0) is 14.4. The lowest BCUT2D eigenvalue weighted by atomic mass is 9.81. The number of ether oxygens (including phenoxy) is 3. The summed E-state index contributed by atoms with van der Waals surface area (Å²) < 4.78 is 16.3. The number of rotatable bonds is 2. The van der Waals surface area contributed by atoms with Crippen LogP contribution in [0.4, 0.5) is 0 Å². The van der Waals surface area contributed by atoms with Crippen molar-refractivity contribution in [3.63, 3.8) is 0 Å². The van der Waals surface area contributed by atoms with E-state index < -0.39 is 0 Å². The van der Waals surface area contributed by atoms with Crippen LogP contribution < -0.4 is 9.47 Å². The smallest absolute Gasteiger partial charge is 0.231 e. The lowest BCUT2D eigenvalue weighted by molar-refractivity contribution is -0.0702. The standard InChI is InChI=1S/C16H19NO4/c1-17-12-4-11(5-13(17)8-19-7-12)16(18)10-2-3-14-15(6-10)21-9-20-14/h2-3,6,11-13H,4-5,7-9H2,1H3. The molecule has 0 radical (unpaired) electrons. The van der Waals surface area contributed by atoms with Crippen LogP contribution in [-0.2, 0) is 4.74 Å². The molecule has 1 aromatic carbocycles. The summed E-state index contributed by atoms with van der Waals surface area (Å²) >= 11 is 0. The number of hydrogen-bond acceptors (Lipinski definition) is 5. The molecule has 2 fully saturated rings. The topological polar surface area (TPSA) is 48.0 Å². The molecule has 3 aliphatic rings. The Morgan fingerprint density at radius 3 is 2.62 bits per heavy atom. The Morgan fingerprint density at radius 1 is 1.14 bits per heavy atom. The zero-order valence-corrected chi connectivity index (χ0v) is 12.1.